The predicted octanol–water partition coefficient (Wildman–Crippen LogP) is 6.39. The Balaban J connectivity index is 1.42. The number of Topliss-reactive ketones (excluding diaryl/α,β-unsaturated/α-hetero) is 1. The van der Waals surface area contributed by atoms with E-state index in [4.69, 9.17) is 4.74 Å². The molecule has 0 saturated heterocycles. The fraction of sp³-hybridized carbons (Fsp3) is 0.567. The third kappa shape index (κ3) is 4.37. The van der Waals surface area contributed by atoms with E-state index < -0.39 is 0 Å². The molecule has 0 spiro atoms. The molecule has 1 N–H and O–H groups in total. The number of carbonyl (C=O) groups excluding carboxylic acids is 1. The standard InChI is InChI=1S/C30H38O3/c1-20(31)7-6-10-23-17-26-22(18-28(23)33-19-21-8-4-3-5-9-21)11-12-25-24(26)15-16-30(2)27(25)13-14-29(30)32/h3-5,8-9,17-18,20,24-25,27,31H,6-7,10-16,19H2,1-2H3/t20?,24-,25+,27-,30-/m0/s1. The van der Waals surface area contributed by atoms with Crippen LogP contribution in [0.2, 0.25) is 0 Å². The molecule has 0 radical (unpaired) electrons. The van der Waals surface area contributed by atoms with Crippen molar-refractivity contribution in [3.05, 3.63) is 64.7 Å². The molecule has 3 heteroatoms. The second-order valence-electron chi connectivity index (χ2n) is 11.0. The maximum atomic E-state index is 12.7. The van der Waals surface area contributed by atoms with Crippen LogP contribution in [0, 0.1) is 17.3 Å². The number of benzene rings is 2. The Morgan fingerprint density at radius 2 is 1.94 bits per heavy atom. The van der Waals surface area contributed by atoms with E-state index in [-0.39, 0.29) is 11.5 Å². The summed E-state index contributed by atoms with van der Waals surface area (Å²) >= 11 is 0. The maximum Gasteiger partial charge on any atom is 0.139 e. The van der Waals surface area contributed by atoms with Gasteiger partial charge in [-0.15, -0.1) is 0 Å². The Bertz CT molecular complexity index is 995. The van der Waals surface area contributed by atoms with Gasteiger partial charge in [0.2, 0.25) is 0 Å². The lowest BCUT2D eigenvalue weighted by atomic mass is 9.55. The van der Waals surface area contributed by atoms with Crippen molar-refractivity contribution in [3.8, 4) is 5.75 Å². The van der Waals surface area contributed by atoms with Crippen molar-refractivity contribution in [3.63, 3.8) is 0 Å². The molecule has 1 unspecified atom stereocenters. The molecule has 0 amide bonds. The highest BCUT2D eigenvalue weighted by molar-refractivity contribution is 5.87. The molecule has 3 nitrogen and oxygen atoms in total. The van der Waals surface area contributed by atoms with Crippen LogP contribution in [-0.4, -0.2) is 17.0 Å². The fourth-order valence-corrected chi connectivity index (χ4v) is 7.07. The summed E-state index contributed by atoms with van der Waals surface area (Å²) in [6, 6.07) is 15.1. The van der Waals surface area contributed by atoms with Gasteiger partial charge in [0, 0.05) is 11.8 Å². The number of fused-ring (bicyclic) bond motifs is 5. The van der Waals surface area contributed by atoms with Crippen molar-refractivity contribution in [1.82, 2.24) is 0 Å². The van der Waals surface area contributed by atoms with Gasteiger partial charge in [-0.05, 0) is 104 Å². The van der Waals surface area contributed by atoms with Gasteiger partial charge in [-0.2, -0.15) is 0 Å². The highest BCUT2D eigenvalue weighted by atomic mass is 16.5. The zero-order valence-electron chi connectivity index (χ0n) is 20.2. The summed E-state index contributed by atoms with van der Waals surface area (Å²) < 4.78 is 6.38. The van der Waals surface area contributed by atoms with Crippen LogP contribution >= 0.6 is 0 Å². The number of aliphatic hydroxyl groups is 1. The SMILES string of the molecule is CC(O)CCCc1cc2c(cc1OCc1ccccc1)CC[C@@H]1[C@@H]2CC[C@]2(C)C(=O)CC[C@@H]12. The summed E-state index contributed by atoms with van der Waals surface area (Å²) in [7, 11) is 0. The lowest BCUT2D eigenvalue weighted by Crippen LogP contribution is -2.42. The average Bonchev–Trinajstić information content (AvgIpc) is 3.12. The number of ketones is 1. The van der Waals surface area contributed by atoms with Gasteiger partial charge in [0.1, 0.15) is 18.1 Å². The normalized spacial score (nSPS) is 29.2. The first kappa shape index (κ1) is 22.7. The van der Waals surface area contributed by atoms with Gasteiger partial charge in [-0.25, -0.2) is 0 Å². The molecule has 176 valence electrons. The van der Waals surface area contributed by atoms with Crippen LogP contribution in [0.15, 0.2) is 42.5 Å². The van der Waals surface area contributed by atoms with E-state index in [1.54, 1.807) is 0 Å². The Kier molecular flexibility index (Phi) is 6.35. The third-order valence-electron chi connectivity index (χ3n) is 8.92. The third-order valence-corrected chi connectivity index (χ3v) is 8.92. The van der Waals surface area contributed by atoms with Crippen LogP contribution < -0.4 is 4.74 Å². The molecule has 2 fully saturated rings. The van der Waals surface area contributed by atoms with Crippen LogP contribution in [0.25, 0.3) is 0 Å². The van der Waals surface area contributed by atoms with E-state index in [0.29, 0.717) is 30.1 Å². The molecular weight excluding hydrogens is 408 g/mol. The van der Waals surface area contributed by atoms with E-state index in [2.05, 4.69) is 43.3 Å². The quantitative estimate of drug-likeness (QED) is 0.536. The zero-order chi connectivity index (χ0) is 23.0. The number of aliphatic hydroxyl groups excluding tert-OH is 1. The van der Waals surface area contributed by atoms with Crippen LogP contribution in [0.3, 0.4) is 0 Å². The molecule has 2 aromatic carbocycles. The second kappa shape index (κ2) is 9.25. The highest BCUT2D eigenvalue weighted by Gasteiger charge is 2.54. The summed E-state index contributed by atoms with van der Waals surface area (Å²) in [4.78, 5) is 12.7. The van der Waals surface area contributed by atoms with E-state index in [9.17, 15) is 9.90 Å². The smallest absolute Gasteiger partial charge is 0.139 e. The Morgan fingerprint density at radius 3 is 2.73 bits per heavy atom. The number of hydrogen-bond donors (Lipinski definition) is 1. The van der Waals surface area contributed by atoms with Crippen molar-refractivity contribution in [1.29, 1.82) is 0 Å². The van der Waals surface area contributed by atoms with Gasteiger partial charge < -0.3 is 9.84 Å². The van der Waals surface area contributed by atoms with Gasteiger partial charge >= 0.3 is 0 Å². The van der Waals surface area contributed by atoms with Crippen molar-refractivity contribution < 1.29 is 14.6 Å². The zero-order valence-corrected chi connectivity index (χ0v) is 20.2. The van der Waals surface area contributed by atoms with Crippen molar-refractivity contribution in [2.45, 2.75) is 90.3 Å². The van der Waals surface area contributed by atoms with Gasteiger partial charge in [-0.1, -0.05) is 43.3 Å². The number of rotatable bonds is 7. The molecule has 2 aromatic rings. The molecule has 0 heterocycles. The number of aryl methyl sites for hydroxylation is 2. The van der Waals surface area contributed by atoms with Crippen molar-refractivity contribution in [2.75, 3.05) is 0 Å². The number of hydrogen-bond acceptors (Lipinski definition) is 3. The number of carbonyl (C=O) groups is 1. The second-order valence-corrected chi connectivity index (χ2v) is 11.0. The minimum atomic E-state index is -0.267. The molecule has 2 saturated carbocycles. The Hall–Kier alpha value is -2.13. The molecule has 0 aliphatic heterocycles. The van der Waals surface area contributed by atoms with E-state index in [1.165, 1.54) is 28.7 Å². The predicted molar refractivity (Wildman–Crippen MR) is 131 cm³/mol. The van der Waals surface area contributed by atoms with Crippen LogP contribution in [0.4, 0.5) is 0 Å². The minimum absolute atomic E-state index is 0.0719. The molecule has 33 heavy (non-hydrogen) atoms. The lowest BCUT2D eigenvalue weighted by Gasteiger charge is -2.48. The molecule has 0 bridgehead atoms. The van der Waals surface area contributed by atoms with Crippen molar-refractivity contribution >= 4 is 5.78 Å². The first-order chi connectivity index (χ1) is 16.0. The monoisotopic (exact) mass is 446 g/mol. The van der Waals surface area contributed by atoms with E-state index >= 15 is 0 Å². The minimum Gasteiger partial charge on any atom is -0.489 e. The topological polar surface area (TPSA) is 46.5 Å². The average molecular weight is 447 g/mol. The summed E-state index contributed by atoms with van der Waals surface area (Å²) in [6.07, 6.45) is 8.77. The van der Waals surface area contributed by atoms with E-state index in [0.717, 1.165) is 57.1 Å². The largest absolute Gasteiger partial charge is 0.489 e. The molecule has 3 aliphatic rings. The molecular formula is C30H38O3. The first-order valence-electron chi connectivity index (χ1n) is 13.0. The first-order valence-corrected chi connectivity index (χ1v) is 13.0. The van der Waals surface area contributed by atoms with E-state index in [1.807, 2.05) is 13.0 Å². The molecule has 0 aromatic heterocycles. The Labute approximate surface area is 198 Å². The van der Waals surface area contributed by atoms with Crippen molar-refractivity contribution in [2.24, 2.45) is 17.3 Å². The molecule has 3 aliphatic carbocycles. The van der Waals surface area contributed by atoms with Gasteiger partial charge in [0.15, 0.2) is 0 Å². The summed E-state index contributed by atoms with van der Waals surface area (Å²) in [6.45, 7) is 4.70. The van der Waals surface area contributed by atoms with Gasteiger partial charge in [-0.3, -0.25) is 4.79 Å². The summed E-state index contributed by atoms with van der Waals surface area (Å²) in [5.41, 5.74) is 5.36. The molecule has 5 rings (SSSR count). The Morgan fingerprint density at radius 1 is 1.12 bits per heavy atom. The lowest BCUT2D eigenvalue weighted by molar-refractivity contribution is -0.129. The maximum absolute atomic E-state index is 12.7. The van der Waals surface area contributed by atoms with Gasteiger partial charge in [0.05, 0.1) is 6.10 Å². The summed E-state index contributed by atoms with van der Waals surface area (Å²) in [5, 5.41) is 9.77. The number of ether oxygens (including phenoxy) is 1. The van der Waals surface area contributed by atoms with Crippen LogP contribution in [-0.2, 0) is 24.2 Å². The highest BCUT2D eigenvalue weighted by Crippen LogP contribution is 2.59. The van der Waals surface area contributed by atoms with Crippen LogP contribution in [0.1, 0.15) is 87.0 Å². The van der Waals surface area contributed by atoms with Crippen LogP contribution in [0.5, 0.6) is 5.75 Å². The molecule has 5 atom stereocenters. The van der Waals surface area contributed by atoms with Gasteiger partial charge in [0.25, 0.3) is 0 Å². The fourth-order valence-electron chi connectivity index (χ4n) is 7.07. The summed E-state index contributed by atoms with van der Waals surface area (Å²) in [5.74, 6) is 3.31.